The van der Waals surface area contributed by atoms with Crippen LogP contribution < -0.4 is 9.64 Å². The van der Waals surface area contributed by atoms with Crippen LogP contribution in [0.4, 0.5) is 5.69 Å². The Balaban J connectivity index is 2.22. The summed E-state index contributed by atoms with van der Waals surface area (Å²) in [6.07, 6.45) is 0. The minimum Gasteiger partial charge on any atom is -0.489 e. The van der Waals surface area contributed by atoms with E-state index in [0.717, 1.165) is 18.8 Å². The largest absolute Gasteiger partial charge is 0.489 e. The second kappa shape index (κ2) is 7.12. The van der Waals surface area contributed by atoms with E-state index in [2.05, 4.69) is 4.90 Å². The van der Waals surface area contributed by atoms with Crippen molar-refractivity contribution in [2.24, 2.45) is 0 Å². The maximum Gasteiger partial charge on any atom is 0.335 e. The summed E-state index contributed by atoms with van der Waals surface area (Å²) < 4.78 is 15.9. The number of carboxylic acids is 1. The SMILES string of the molecule is COCCOc1ccc(C(=O)O)cc1N1CCOCC1. The van der Waals surface area contributed by atoms with Crippen molar-refractivity contribution in [3.63, 3.8) is 0 Å². The zero-order valence-corrected chi connectivity index (χ0v) is 11.5. The molecule has 1 aromatic carbocycles. The van der Waals surface area contributed by atoms with Gasteiger partial charge in [0.2, 0.25) is 0 Å². The highest BCUT2D eigenvalue weighted by atomic mass is 16.5. The Morgan fingerprint density at radius 2 is 2.10 bits per heavy atom. The van der Waals surface area contributed by atoms with E-state index < -0.39 is 5.97 Å². The number of aromatic carboxylic acids is 1. The van der Waals surface area contributed by atoms with E-state index in [1.807, 2.05) is 0 Å². The Morgan fingerprint density at radius 3 is 2.75 bits per heavy atom. The van der Waals surface area contributed by atoms with Gasteiger partial charge in [-0.3, -0.25) is 0 Å². The van der Waals surface area contributed by atoms with Gasteiger partial charge in [-0.05, 0) is 18.2 Å². The number of rotatable bonds is 6. The molecule has 0 aliphatic carbocycles. The molecular formula is C14H19NO5. The fourth-order valence-electron chi connectivity index (χ4n) is 2.06. The van der Waals surface area contributed by atoms with Crippen LogP contribution in [0.25, 0.3) is 0 Å². The molecule has 1 fully saturated rings. The van der Waals surface area contributed by atoms with Crippen molar-refractivity contribution in [1.82, 2.24) is 0 Å². The highest BCUT2D eigenvalue weighted by Gasteiger charge is 2.18. The van der Waals surface area contributed by atoms with Gasteiger partial charge in [0.1, 0.15) is 12.4 Å². The van der Waals surface area contributed by atoms with Gasteiger partial charge in [0.25, 0.3) is 0 Å². The van der Waals surface area contributed by atoms with E-state index in [-0.39, 0.29) is 5.56 Å². The minimum absolute atomic E-state index is 0.255. The number of hydrogen-bond acceptors (Lipinski definition) is 5. The molecule has 1 aliphatic heterocycles. The molecule has 0 amide bonds. The average Bonchev–Trinajstić information content (AvgIpc) is 2.48. The van der Waals surface area contributed by atoms with Crippen molar-refractivity contribution in [3.05, 3.63) is 23.8 Å². The highest BCUT2D eigenvalue weighted by molar-refractivity contribution is 5.89. The molecule has 110 valence electrons. The van der Waals surface area contributed by atoms with Gasteiger partial charge >= 0.3 is 5.97 Å². The molecule has 0 radical (unpaired) electrons. The number of methoxy groups -OCH3 is 1. The molecule has 2 rings (SSSR count). The molecule has 0 bridgehead atoms. The first-order valence-corrected chi connectivity index (χ1v) is 6.54. The lowest BCUT2D eigenvalue weighted by atomic mass is 10.1. The monoisotopic (exact) mass is 281 g/mol. The van der Waals surface area contributed by atoms with Gasteiger partial charge < -0.3 is 24.2 Å². The Kier molecular flexibility index (Phi) is 5.20. The van der Waals surface area contributed by atoms with Crippen LogP contribution in [0.2, 0.25) is 0 Å². The standard InChI is InChI=1S/C14H19NO5/c1-18-8-9-20-13-3-2-11(14(16)17)10-12(13)15-4-6-19-7-5-15/h2-3,10H,4-9H2,1H3,(H,16,17). The lowest BCUT2D eigenvalue weighted by Crippen LogP contribution is -2.36. The quantitative estimate of drug-likeness (QED) is 0.791. The van der Waals surface area contributed by atoms with Gasteiger partial charge in [-0.2, -0.15) is 0 Å². The van der Waals surface area contributed by atoms with Crippen molar-refractivity contribution in [3.8, 4) is 5.75 Å². The van der Waals surface area contributed by atoms with E-state index >= 15 is 0 Å². The van der Waals surface area contributed by atoms with Crippen LogP contribution in [0, 0.1) is 0 Å². The molecule has 0 spiro atoms. The molecule has 1 saturated heterocycles. The molecular weight excluding hydrogens is 262 g/mol. The number of benzene rings is 1. The Labute approximate surface area is 117 Å². The fraction of sp³-hybridized carbons (Fsp3) is 0.500. The van der Waals surface area contributed by atoms with Crippen LogP contribution in [0.15, 0.2) is 18.2 Å². The predicted octanol–water partition coefficient (Wildman–Crippen LogP) is 1.25. The predicted molar refractivity (Wildman–Crippen MR) is 73.8 cm³/mol. The van der Waals surface area contributed by atoms with Crippen molar-refractivity contribution < 1.29 is 24.1 Å². The number of morpholine rings is 1. The maximum atomic E-state index is 11.1. The third-order valence-electron chi connectivity index (χ3n) is 3.10. The van der Waals surface area contributed by atoms with Crippen molar-refractivity contribution in [2.45, 2.75) is 0 Å². The summed E-state index contributed by atoms with van der Waals surface area (Å²) in [7, 11) is 1.61. The first-order chi connectivity index (χ1) is 9.72. The lowest BCUT2D eigenvalue weighted by Gasteiger charge is -2.30. The Hall–Kier alpha value is -1.79. The van der Waals surface area contributed by atoms with E-state index in [0.29, 0.717) is 32.2 Å². The van der Waals surface area contributed by atoms with E-state index in [4.69, 9.17) is 19.3 Å². The summed E-state index contributed by atoms with van der Waals surface area (Å²) in [6, 6.07) is 4.90. The number of carbonyl (C=O) groups is 1. The summed E-state index contributed by atoms with van der Waals surface area (Å²) in [5.41, 5.74) is 1.05. The Morgan fingerprint density at radius 1 is 1.35 bits per heavy atom. The summed E-state index contributed by atoms with van der Waals surface area (Å²) >= 11 is 0. The molecule has 1 aliphatic rings. The summed E-state index contributed by atoms with van der Waals surface area (Å²) in [5, 5.41) is 9.11. The molecule has 1 aromatic rings. The molecule has 0 atom stereocenters. The number of carboxylic acid groups (broad SMARTS) is 1. The van der Waals surface area contributed by atoms with Crippen molar-refractivity contribution >= 4 is 11.7 Å². The fourth-order valence-corrected chi connectivity index (χ4v) is 2.06. The van der Waals surface area contributed by atoms with Crippen LogP contribution in [-0.4, -0.2) is 57.7 Å². The molecule has 0 unspecified atom stereocenters. The average molecular weight is 281 g/mol. The molecule has 0 saturated carbocycles. The number of ether oxygens (including phenoxy) is 3. The van der Waals surface area contributed by atoms with Gasteiger partial charge in [0, 0.05) is 20.2 Å². The molecule has 6 nitrogen and oxygen atoms in total. The van der Waals surface area contributed by atoms with Gasteiger partial charge in [-0.25, -0.2) is 4.79 Å². The van der Waals surface area contributed by atoms with Gasteiger partial charge in [0.05, 0.1) is 31.1 Å². The zero-order valence-electron chi connectivity index (χ0n) is 11.5. The van der Waals surface area contributed by atoms with Crippen molar-refractivity contribution in [2.75, 3.05) is 51.5 Å². The second-order valence-corrected chi connectivity index (χ2v) is 4.43. The summed E-state index contributed by atoms with van der Waals surface area (Å²) in [4.78, 5) is 13.2. The normalized spacial score (nSPS) is 15.2. The molecule has 1 heterocycles. The van der Waals surface area contributed by atoms with E-state index in [1.54, 1.807) is 25.3 Å². The number of hydrogen-bond donors (Lipinski definition) is 1. The number of nitrogens with zero attached hydrogens (tertiary/aromatic N) is 1. The van der Waals surface area contributed by atoms with Crippen LogP contribution in [-0.2, 0) is 9.47 Å². The summed E-state index contributed by atoms with van der Waals surface area (Å²) in [5.74, 6) is -0.267. The van der Waals surface area contributed by atoms with Crippen LogP contribution in [0.1, 0.15) is 10.4 Å². The minimum atomic E-state index is -0.942. The Bertz CT molecular complexity index is 457. The van der Waals surface area contributed by atoms with Crippen molar-refractivity contribution in [1.29, 1.82) is 0 Å². The maximum absolute atomic E-state index is 11.1. The highest BCUT2D eigenvalue weighted by Crippen LogP contribution is 2.30. The van der Waals surface area contributed by atoms with Crippen LogP contribution >= 0.6 is 0 Å². The molecule has 1 N–H and O–H groups in total. The third kappa shape index (κ3) is 3.61. The third-order valence-corrected chi connectivity index (χ3v) is 3.10. The van der Waals surface area contributed by atoms with Gasteiger partial charge in [0.15, 0.2) is 0 Å². The zero-order chi connectivity index (χ0) is 14.4. The molecule has 6 heteroatoms. The summed E-state index contributed by atoms with van der Waals surface area (Å²) in [6.45, 7) is 3.64. The van der Waals surface area contributed by atoms with Gasteiger partial charge in [-0.15, -0.1) is 0 Å². The van der Waals surface area contributed by atoms with Crippen LogP contribution in [0.3, 0.4) is 0 Å². The van der Waals surface area contributed by atoms with E-state index in [9.17, 15) is 4.79 Å². The molecule has 0 aromatic heterocycles. The smallest absolute Gasteiger partial charge is 0.335 e. The molecule has 20 heavy (non-hydrogen) atoms. The van der Waals surface area contributed by atoms with E-state index in [1.165, 1.54) is 0 Å². The van der Waals surface area contributed by atoms with Gasteiger partial charge in [-0.1, -0.05) is 0 Å². The second-order valence-electron chi connectivity index (χ2n) is 4.43. The lowest BCUT2D eigenvalue weighted by molar-refractivity contribution is 0.0697. The number of anilines is 1. The topological polar surface area (TPSA) is 68.2 Å². The first-order valence-electron chi connectivity index (χ1n) is 6.54. The first kappa shape index (κ1) is 14.6. The van der Waals surface area contributed by atoms with Crippen LogP contribution in [0.5, 0.6) is 5.75 Å².